The maximum Gasteiger partial charge on any atom is 0.336 e. The van der Waals surface area contributed by atoms with Crippen LogP contribution in [0.5, 0.6) is 0 Å². The summed E-state index contributed by atoms with van der Waals surface area (Å²) in [6.45, 7) is 5.46. The minimum absolute atomic E-state index is 0.158. The number of hydrogen-bond acceptors (Lipinski definition) is 7. The number of benzene rings is 2. The van der Waals surface area contributed by atoms with Crippen LogP contribution >= 0.6 is 11.8 Å². The molecule has 0 aromatic heterocycles. The number of hydrogen-bond donors (Lipinski definition) is 4. The fourth-order valence-corrected chi connectivity index (χ4v) is 5.27. The van der Waals surface area contributed by atoms with E-state index in [0.29, 0.717) is 11.3 Å². The van der Waals surface area contributed by atoms with Crippen LogP contribution in [0.15, 0.2) is 54.6 Å². The van der Waals surface area contributed by atoms with Crippen molar-refractivity contribution >= 4 is 35.3 Å². The van der Waals surface area contributed by atoms with E-state index in [1.165, 1.54) is 40.9 Å². The normalized spacial score (nSPS) is 18.2. The minimum Gasteiger partial charge on any atom is -0.478 e. The summed E-state index contributed by atoms with van der Waals surface area (Å²) in [6, 6.07) is 12.2. The molecule has 3 unspecified atom stereocenters. The Morgan fingerprint density at radius 2 is 1.61 bits per heavy atom. The molecule has 2 aromatic rings. The third kappa shape index (κ3) is 6.13. The molecule has 1 fully saturated rings. The van der Waals surface area contributed by atoms with E-state index in [2.05, 4.69) is 5.32 Å². The van der Waals surface area contributed by atoms with E-state index in [1.807, 2.05) is 20.8 Å². The quantitative estimate of drug-likeness (QED) is 0.392. The summed E-state index contributed by atoms with van der Waals surface area (Å²) in [5, 5.41) is 23.7. The summed E-state index contributed by atoms with van der Waals surface area (Å²) in [5.74, 6) is -4.26. The van der Waals surface area contributed by atoms with Gasteiger partial charge in [0.1, 0.15) is 12.1 Å². The van der Waals surface area contributed by atoms with Crippen LogP contribution in [0, 0.1) is 5.92 Å². The number of rotatable bonds is 8. The first kappa shape index (κ1) is 27.4. The van der Waals surface area contributed by atoms with E-state index in [9.17, 15) is 29.4 Å². The van der Waals surface area contributed by atoms with Gasteiger partial charge in [-0.2, -0.15) is 0 Å². The van der Waals surface area contributed by atoms with Crippen LogP contribution in [0.2, 0.25) is 0 Å². The first-order valence-corrected chi connectivity index (χ1v) is 12.6. The number of nitrogens with zero attached hydrogens (tertiary/aromatic N) is 1. The molecule has 2 amide bonds. The lowest BCUT2D eigenvalue weighted by Crippen LogP contribution is -2.56. The molecule has 0 spiro atoms. The number of aliphatic hydroxyl groups excluding tert-OH is 1. The van der Waals surface area contributed by atoms with Gasteiger partial charge in [-0.1, -0.05) is 48.5 Å². The highest BCUT2D eigenvalue weighted by atomic mass is 32.2. The van der Waals surface area contributed by atoms with Crippen LogP contribution in [0.3, 0.4) is 0 Å². The monoisotopic (exact) mass is 513 g/mol. The molecule has 10 heteroatoms. The summed E-state index contributed by atoms with van der Waals surface area (Å²) in [7, 11) is 0. The number of Topliss-reactive ketones (excluding diaryl/α,β-unsaturated/α-hetero) is 1. The summed E-state index contributed by atoms with van der Waals surface area (Å²) < 4.78 is 0. The Hall–Kier alpha value is -3.21. The zero-order valence-electron chi connectivity index (χ0n) is 20.4. The molecule has 1 saturated heterocycles. The number of aromatic carboxylic acids is 1. The van der Waals surface area contributed by atoms with Crippen molar-refractivity contribution in [3.05, 3.63) is 71.3 Å². The first-order chi connectivity index (χ1) is 16.9. The molecule has 1 aliphatic rings. The van der Waals surface area contributed by atoms with Crippen molar-refractivity contribution in [1.29, 1.82) is 0 Å². The SMILES string of the molecule is CC(C)(C)NC(=O)[C@@H]1CSCN1C(=O)C(O)C(C(=O)c1ccccc1C(=O)O)C(N)c1ccccc1. The molecule has 5 N–H and O–H groups in total. The molecule has 0 aliphatic carbocycles. The summed E-state index contributed by atoms with van der Waals surface area (Å²) in [4.78, 5) is 53.1. The van der Waals surface area contributed by atoms with Crippen LogP contribution in [0.1, 0.15) is 53.1 Å². The molecule has 1 heterocycles. The van der Waals surface area contributed by atoms with Gasteiger partial charge in [0.25, 0.3) is 5.91 Å². The predicted octanol–water partition coefficient (Wildman–Crippen LogP) is 2.06. The van der Waals surface area contributed by atoms with Gasteiger partial charge < -0.3 is 26.2 Å². The summed E-state index contributed by atoms with van der Waals surface area (Å²) in [5.41, 5.74) is 5.99. The van der Waals surface area contributed by atoms with Gasteiger partial charge in [0, 0.05) is 22.9 Å². The van der Waals surface area contributed by atoms with Gasteiger partial charge in [0.2, 0.25) is 5.91 Å². The number of aliphatic hydroxyl groups is 1. The van der Waals surface area contributed by atoms with Crippen molar-refractivity contribution in [1.82, 2.24) is 10.2 Å². The molecule has 36 heavy (non-hydrogen) atoms. The molecule has 0 saturated carbocycles. The highest BCUT2D eigenvalue weighted by Crippen LogP contribution is 2.31. The number of thioether (sulfide) groups is 1. The number of carbonyl (C=O) groups is 4. The van der Waals surface area contributed by atoms with Crippen molar-refractivity contribution < 1.29 is 29.4 Å². The molecule has 0 radical (unpaired) electrons. The van der Waals surface area contributed by atoms with E-state index in [4.69, 9.17) is 5.73 Å². The highest BCUT2D eigenvalue weighted by molar-refractivity contribution is 7.99. The molecule has 9 nitrogen and oxygen atoms in total. The van der Waals surface area contributed by atoms with E-state index in [0.717, 1.165) is 0 Å². The second kappa shape index (κ2) is 11.2. The maximum absolute atomic E-state index is 13.7. The second-order valence-corrected chi connectivity index (χ2v) is 10.7. The zero-order chi connectivity index (χ0) is 26.6. The first-order valence-electron chi connectivity index (χ1n) is 11.5. The lowest BCUT2D eigenvalue weighted by molar-refractivity contribution is -0.147. The molecule has 1 aliphatic heterocycles. The Kier molecular flexibility index (Phi) is 8.55. The van der Waals surface area contributed by atoms with E-state index >= 15 is 0 Å². The van der Waals surface area contributed by atoms with E-state index in [-0.39, 0.29) is 22.9 Å². The molecule has 2 aromatic carbocycles. The van der Waals surface area contributed by atoms with Gasteiger partial charge in [0.15, 0.2) is 5.78 Å². The highest BCUT2D eigenvalue weighted by Gasteiger charge is 2.44. The van der Waals surface area contributed by atoms with E-state index in [1.54, 1.807) is 30.3 Å². The topological polar surface area (TPSA) is 150 Å². The average molecular weight is 514 g/mol. The Morgan fingerprint density at radius 3 is 2.19 bits per heavy atom. The maximum atomic E-state index is 13.7. The van der Waals surface area contributed by atoms with Gasteiger partial charge in [0.05, 0.1) is 17.4 Å². The van der Waals surface area contributed by atoms with Gasteiger partial charge >= 0.3 is 5.97 Å². The smallest absolute Gasteiger partial charge is 0.336 e. The predicted molar refractivity (Wildman–Crippen MR) is 136 cm³/mol. The molecule has 3 rings (SSSR count). The average Bonchev–Trinajstić information content (AvgIpc) is 3.33. The molecule has 0 bridgehead atoms. The van der Waals surface area contributed by atoms with Gasteiger partial charge in [-0.3, -0.25) is 14.4 Å². The van der Waals surface area contributed by atoms with Crippen molar-refractivity contribution in [2.75, 3.05) is 11.6 Å². The number of amides is 2. The van der Waals surface area contributed by atoms with Crippen molar-refractivity contribution in [3.8, 4) is 0 Å². The third-order valence-electron chi connectivity index (χ3n) is 5.86. The number of carboxylic acid groups (broad SMARTS) is 1. The van der Waals surface area contributed by atoms with Crippen molar-refractivity contribution in [2.24, 2.45) is 11.7 Å². The van der Waals surface area contributed by atoms with Crippen LogP contribution < -0.4 is 11.1 Å². The molecule has 4 atom stereocenters. The van der Waals surface area contributed by atoms with E-state index < -0.39 is 47.3 Å². The number of nitrogens with one attached hydrogen (secondary N) is 1. The van der Waals surface area contributed by atoms with Crippen LogP contribution in [0.25, 0.3) is 0 Å². The Labute approximate surface area is 214 Å². The molecular weight excluding hydrogens is 482 g/mol. The standard InChI is InChI=1S/C26H31N3O6S/c1-26(2,3)28-23(32)18-13-36-14-29(18)24(33)22(31)19(20(27)15-9-5-4-6-10-15)21(30)16-11-7-8-12-17(16)25(34)35/h4-12,18-20,22,31H,13-14,27H2,1-3H3,(H,28,32)(H,34,35)/t18-,19?,20?,22?/m0/s1. The number of ketones is 1. The molecule has 192 valence electrons. The fraction of sp³-hybridized carbons (Fsp3) is 0.385. The lowest BCUT2D eigenvalue weighted by Gasteiger charge is -2.32. The van der Waals surface area contributed by atoms with Crippen LogP contribution in [0.4, 0.5) is 0 Å². The summed E-state index contributed by atoms with van der Waals surface area (Å²) in [6.07, 6.45) is -1.90. The Bertz CT molecular complexity index is 1130. The third-order valence-corrected chi connectivity index (χ3v) is 6.87. The van der Waals surface area contributed by atoms with Crippen molar-refractivity contribution in [3.63, 3.8) is 0 Å². The van der Waals surface area contributed by atoms with Gasteiger partial charge in [-0.15, -0.1) is 11.8 Å². The summed E-state index contributed by atoms with van der Waals surface area (Å²) >= 11 is 1.36. The largest absolute Gasteiger partial charge is 0.478 e. The second-order valence-electron chi connectivity index (χ2n) is 9.69. The minimum atomic E-state index is -1.90. The Morgan fingerprint density at radius 1 is 1.03 bits per heavy atom. The van der Waals surface area contributed by atoms with Gasteiger partial charge in [-0.25, -0.2) is 4.79 Å². The van der Waals surface area contributed by atoms with Crippen LogP contribution in [-0.4, -0.2) is 68.0 Å². The number of carbonyl (C=O) groups excluding carboxylic acids is 3. The molecular formula is C26H31N3O6S. The van der Waals surface area contributed by atoms with Gasteiger partial charge in [-0.05, 0) is 32.4 Å². The number of nitrogens with two attached hydrogens (primary N) is 1. The Balaban J connectivity index is 1.98. The number of carboxylic acids is 1. The lowest BCUT2D eigenvalue weighted by atomic mass is 9.81. The fourth-order valence-electron chi connectivity index (χ4n) is 4.10. The zero-order valence-corrected chi connectivity index (χ0v) is 21.2. The van der Waals surface area contributed by atoms with Crippen LogP contribution in [-0.2, 0) is 9.59 Å². The van der Waals surface area contributed by atoms with Crippen molar-refractivity contribution in [2.45, 2.75) is 44.5 Å².